The largest absolute Gasteiger partial charge is 0.371 e. The number of rotatable bonds is 4. The van der Waals surface area contributed by atoms with Crippen molar-refractivity contribution in [3.63, 3.8) is 0 Å². The highest BCUT2D eigenvalue weighted by molar-refractivity contribution is 5.94. The van der Waals surface area contributed by atoms with Crippen LogP contribution in [0, 0.1) is 22.7 Å². The molecule has 0 aromatic heterocycles. The maximum Gasteiger partial charge on any atom is 0.251 e. The Bertz CT molecular complexity index is 773. The van der Waals surface area contributed by atoms with Crippen LogP contribution in [0.3, 0.4) is 0 Å². The summed E-state index contributed by atoms with van der Waals surface area (Å²) in [5, 5.41) is 3.33. The molecule has 2 aliphatic carbocycles. The highest BCUT2D eigenvalue weighted by Crippen LogP contribution is 2.65. The van der Waals surface area contributed by atoms with E-state index in [1.165, 1.54) is 12.8 Å². The van der Waals surface area contributed by atoms with Crippen LogP contribution in [0.15, 0.2) is 24.3 Å². The fraction of sp³-hybridized carbons (Fsp3) is 0.652. The lowest BCUT2D eigenvalue weighted by atomic mass is 9.69. The Morgan fingerprint density at radius 1 is 1.14 bits per heavy atom. The van der Waals surface area contributed by atoms with E-state index in [1.54, 1.807) is 0 Å². The van der Waals surface area contributed by atoms with Crippen molar-refractivity contribution in [3.05, 3.63) is 29.8 Å². The van der Waals surface area contributed by atoms with Gasteiger partial charge in [-0.15, -0.1) is 0 Å². The molecule has 1 aromatic rings. The lowest BCUT2D eigenvalue weighted by molar-refractivity contribution is -0.122. The topological polar surface area (TPSA) is 75.4 Å². The van der Waals surface area contributed by atoms with Gasteiger partial charge in [0.25, 0.3) is 5.91 Å². The van der Waals surface area contributed by atoms with Crippen molar-refractivity contribution in [1.82, 2.24) is 5.32 Å². The number of nitrogens with two attached hydrogens (primary N) is 1. The maximum absolute atomic E-state index is 12.9. The first-order valence-electron chi connectivity index (χ1n) is 10.7. The summed E-state index contributed by atoms with van der Waals surface area (Å²) in [5.74, 6) is 0.429. The molecule has 28 heavy (non-hydrogen) atoms. The number of anilines is 1. The van der Waals surface area contributed by atoms with Crippen LogP contribution in [0.25, 0.3) is 0 Å². The van der Waals surface area contributed by atoms with Crippen molar-refractivity contribution in [2.24, 2.45) is 28.4 Å². The molecule has 1 aromatic carbocycles. The van der Waals surface area contributed by atoms with Gasteiger partial charge >= 0.3 is 0 Å². The quantitative estimate of drug-likeness (QED) is 0.837. The Hall–Kier alpha value is -2.04. The minimum absolute atomic E-state index is 0.0229. The Balaban J connectivity index is 1.42. The van der Waals surface area contributed by atoms with Gasteiger partial charge in [-0.1, -0.05) is 20.8 Å². The zero-order chi connectivity index (χ0) is 20.1. The van der Waals surface area contributed by atoms with Gasteiger partial charge in [-0.05, 0) is 73.1 Å². The van der Waals surface area contributed by atoms with Gasteiger partial charge in [0.05, 0.1) is 5.92 Å². The standard InChI is InChI=1S/C23H33N3O2/c1-22(2)17-10-11-23(22,3)19(13-17)25-21(28)15-6-8-18(9-7-15)26-12-4-5-16(14-26)20(24)27/h6-9,16-17,19H,4-5,10-14H2,1-3H3,(H2,24,27)(H,25,28)/t16-,17+,19-,23+/m1/s1. The first-order chi connectivity index (χ1) is 13.2. The number of amides is 2. The fourth-order valence-corrected chi connectivity index (χ4v) is 5.93. The smallest absolute Gasteiger partial charge is 0.251 e. The summed E-state index contributed by atoms with van der Waals surface area (Å²) in [7, 11) is 0. The summed E-state index contributed by atoms with van der Waals surface area (Å²) < 4.78 is 0. The summed E-state index contributed by atoms with van der Waals surface area (Å²) in [6.07, 6.45) is 5.41. The van der Waals surface area contributed by atoms with Crippen LogP contribution in [-0.4, -0.2) is 30.9 Å². The van der Waals surface area contributed by atoms with Crippen LogP contribution < -0.4 is 16.0 Å². The van der Waals surface area contributed by atoms with Crippen LogP contribution in [0.2, 0.25) is 0 Å². The van der Waals surface area contributed by atoms with Crippen molar-refractivity contribution in [3.8, 4) is 0 Å². The molecule has 3 aliphatic rings. The van der Waals surface area contributed by atoms with Gasteiger partial charge in [-0.3, -0.25) is 9.59 Å². The number of primary amides is 1. The number of hydrogen-bond donors (Lipinski definition) is 2. The molecular formula is C23H33N3O2. The van der Waals surface area contributed by atoms with E-state index >= 15 is 0 Å². The molecule has 5 nitrogen and oxygen atoms in total. The molecule has 0 unspecified atom stereocenters. The molecule has 3 N–H and O–H groups in total. The molecule has 1 saturated heterocycles. The molecule has 152 valence electrons. The van der Waals surface area contributed by atoms with Crippen LogP contribution >= 0.6 is 0 Å². The molecule has 4 rings (SSSR count). The van der Waals surface area contributed by atoms with Crippen LogP contribution in [-0.2, 0) is 4.79 Å². The molecule has 1 aliphatic heterocycles. The first-order valence-corrected chi connectivity index (χ1v) is 10.7. The molecule has 2 amide bonds. The van der Waals surface area contributed by atoms with Gasteiger partial charge in [0.1, 0.15) is 0 Å². The predicted octanol–water partition coefficient (Wildman–Crippen LogP) is 3.33. The van der Waals surface area contributed by atoms with Crippen LogP contribution in [0.5, 0.6) is 0 Å². The Morgan fingerprint density at radius 3 is 2.43 bits per heavy atom. The Morgan fingerprint density at radius 2 is 1.86 bits per heavy atom. The molecule has 2 saturated carbocycles. The molecule has 2 bridgehead atoms. The third kappa shape index (κ3) is 2.99. The summed E-state index contributed by atoms with van der Waals surface area (Å²) in [5.41, 5.74) is 7.72. The molecule has 5 heteroatoms. The van der Waals surface area contributed by atoms with Gasteiger partial charge < -0.3 is 16.0 Å². The molecule has 3 fully saturated rings. The Labute approximate surface area is 168 Å². The SMILES string of the molecule is CC1(C)[C@H]2CC[C@@]1(C)[C@H](NC(=O)c1ccc(N3CCC[C@@H](C(N)=O)C3)cc1)C2. The lowest BCUT2D eigenvalue weighted by Gasteiger charge is -2.39. The fourth-order valence-electron chi connectivity index (χ4n) is 5.93. The van der Waals surface area contributed by atoms with E-state index in [0.717, 1.165) is 31.5 Å². The minimum Gasteiger partial charge on any atom is -0.371 e. The number of benzene rings is 1. The van der Waals surface area contributed by atoms with Gasteiger partial charge in [0.15, 0.2) is 0 Å². The average molecular weight is 384 g/mol. The average Bonchev–Trinajstić information content (AvgIpc) is 3.01. The van der Waals surface area contributed by atoms with Gasteiger partial charge in [0, 0.05) is 30.4 Å². The van der Waals surface area contributed by atoms with Crippen LogP contribution in [0.4, 0.5) is 5.69 Å². The highest BCUT2D eigenvalue weighted by atomic mass is 16.2. The van der Waals surface area contributed by atoms with Crippen LogP contribution in [0.1, 0.15) is 63.2 Å². The van der Waals surface area contributed by atoms with E-state index in [-0.39, 0.29) is 29.2 Å². The number of carbonyl (C=O) groups is 2. The first kappa shape index (κ1) is 19.3. The second kappa shape index (κ2) is 6.78. The van der Waals surface area contributed by atoms with Crippen molar-refractivity contribution in [2.45, 2.75) is 58.9 Å². The summed E-state index contributed by atoms with van der Waals surface area (Å²) in [6.45, 7) is 8.66. The number of nitrogens with one attached hydrogen (secondary N) is 1. The highest BCUT2D eigenvalue weighted by Gasteiger charge is 2.61. The normalized spacial score (nSPS) is 33.7. The maximum atomic E-state index is 12.9. The summed E-state index contributed by atoms with van der Waals surface area (Å²) >= 11 is 0. The number of hydrogen-bond acceptors (Lipinski definition) is 3. The minimum atomic E-state index is -0.219. The monoisotopic (exact) mass is 383 g/mol. The van der Waals surface area contributed by atoms with Crippen molar-refractivity contribution in [2.75, 3.05) is 18.0 Å². The molecule has 0 spiro atoms. The molecule has 0 radical (unpaired) electrons. The van der Waals surface area contributed by atoms with Gasteiger partial charge in [-0.2, -0.15) is 0 Å². The molecule has 1 heterocycles. The van der Waals surface area contributed by atoms with E-state index in [4.69, 9.17) is 5.73 Å². The second-order valence-corrected chi connectivity index (χ2v) is 9.87. The third-order valence-electron chi connectivity index (χ3n) is 8.42. The zero-order valence-corrected chi connectivity index (χ0v) is 17.3. The third-order valence-corrected chi connectivity index (χ3v) is 8.42. The number of carbonyl (C=O) groups excluding carboxylic acids is 2. The molecular weight excluding hydrogens is 350 g/mol. The summed E-state index contributed by atoms with van der Waals surface area (Å²) in [4.78, 5) is 26.6. The number of fused-ring (bicyclic) bond motifs is 2. The summed E-state index contributed by atoms with van der Waals surface area (Å²) in [6, 6.07) is 8.04. The van der Waals surface area contributed by atoms with Gasteiger partial charge in [-0.25, -0.2) is 0 Å². The lowest BCUT2D eigenvalue weighted by Crippen LogP contribution is -2.46. The zero-order valence-electron chi connectivity index (χ0n) is 17.3. The number of nitrogens with zero attached hydrogens (tertiary/aromatic N) is 1. The number of piperidine rings is 1. The van der Waals surface area contributed by atoms with Crippen molar-refractivity contribution < 1.29 is 9.59 Å². The van der Waals surface area contributed by atoms with Crippen molar-refractivity contribution >= 4 is 17.5 Å². The van der Waals surface area contributed by atoms with E-state index < -0.39 is 0 Å². The van der Waals surface area contributed by atoms with Gasteiger partial charge in [0.2, 0.25) is 5.91 Å². The second-order valence-electron chi connectivity index (χ2n) is 9.87. The van der Waals surface area contributed by atoms with E-state index in [0.29, 0.717) is 23.4 Å². The molecule has 4 atom stereocenters. The van der Waals surface area contributed by atoms with E-state index in [1.807, 2.05) is 24.3 Å². The Kier molecular flexibility index (Phi) is 4.67. The van der Waals surface area contributed by atoms with E-state index in [2.05, 4.69) is 31.0 Å². The van der Waals surface area contributed by atoms with Crippen molar-refractivity contribution in [1.29, 1.82) is 0 Å². The predicted molar refractivity (Wildman–Crippen MR) is 111 cm³/mol. The van der Waals surface area contributed by atoms with E-state index in [9.17, 15) is 9.59 Å².